The number of benzene rings is 3. The number of amides is 2. The highest BCUT2D eigenvalue weighted by atomic mass is 35.5. The first-order valence-electron chi connectivity index (χ1n) is 12.2. The Balaban J connectivity index is 1.89. The molecule has 1 N–H and O–H groups in total. The van der Waals surface area contributed by atoms with Crippen LogP contribution in [-0.2, 0) is 28.3 Å². The molecular weight excluding hydrogens is 547 g/mol. The Labute approximate surface area is 238 Å². The van der Waals surface area contributed by atoms with Crippen LogP contribution < -0.4 is 5.32 Å². The van der Waals surface area contributed by atoms with Gasteiger partial charge in [-0.25, -0.2) is 0 Å². The minimum Gasteiger partial charge on any atom is -0.352 e. The van der Waals surface area contributed by atoms with Crippen molar-refractivity contribution in [3.63, 3.8) is 0 Å². The summed E-state index contributed by atoms with van der Waals surface area (Å²) in [5.74, 6) is 0.298. The van der Waals surface area contributed by atoms with Gasteiger partial charge in [-0.2, -0.15) is 0 Å². The molecule has 196 valence electrons. The molecule has 0 fully saturated rings. The molecule has 0 saturated carbocycles. The van der Waals surface area contributed by atoms with E-state index in [4.69, 9.17) is 34.8 Å². The molecule has 0 radical (unpaired) electrons. The molecule has 0 aliphatic carbocycles. The van der Waals surface area contributed by atoms with Crippen LogP contribution >= 0.6 is 46.6 Å². The molecule has 37 heavy (non-hydrogen) atoms. The number of nitrogens with zero attached hydrogens (tertiary/aromatic N) is 1. The van der Waals surface area contributed by atoms with Gasteiger partial charge in [0.1, 0.15) is 6.04 Å². The number of halogens is 3. The summed E-state index contributed by atoms with van der Waals surface area (Å²) >= 11 is 20.5. The second-order valence-electron chi connectivity index (χ2n) is 8.83. The summed E-state index contributed by atoms with van der Waals surface area (Å²) < 4.78 is 0. The normalized spacial score (nSPS) is 12.6. The Morgan fingerprint density at radius 2 is 1.51 bits per heavy atom. The van der Waals surface area contributed by atoms with E-state index in [2.05, 4.69) is 5.32 Å². The molecule has 3 rings (SSSR count). The van der Waals surface area contributed by atoms with Gasteiger partial charge in [-0.05, 0) is 48.2 Å². The zero-order chi connectivity index (χ0) is 26.8. The molecule has 0 spiro atoms. The summed E-state index contributed by atoms with van der Waals surface area (Å²) in [4.78, 5) is 28.9. The number of hydrogen-bond acceptors (Lipinski definition) is 3. The Morgan fingerprint density at radius 3 is 2.16 bits per heavy atom. The maximum absolute atomic E-state index is 13.7. The Hall–Kier alpha value is -2.18. The van der Waals surface area contributed by atoms with E-state index in [0.29, 0.717) is 27.2 Å². The molecule has 0 aliphatic rings. The maximum atomic E-state index is 13.7. The zero-order valence-corrected chi connectivity index (χ0v) is 24.0. The van der Waals surface area contributed by atoms with Crippen LogP contribution in [0.1, 0.15) is 37.0 Å². The van der Waals surface area contributed by atoms with Gasteiger partial charge >= 0.3 is 0 Å². The van der Waals surface area contributed by atoms with E-state index in [9.17, 15) is 9.59 Å². The van der Waals surface area contributed by atoms with E-state index in [-0.39, 0.29) is 30.2 Å². The van der Waals surface area contributed by atoms with Gasteiger partial charge in [0.2, 0.25) is 11.8 Å². The first-order chi connectivity index (χ1) is 17.8. The highest BCUT2D eigenvalue weighted by molar-refractivity contribution is 7.99. The third-order valence-electron chi connectivity index (χ3n) is 6.10. The average Bonchev–Trinajstić information content (AvgIpc) is 2.89. The number of hydrogen-bond donors (Lipinski definition) is 1. The van der Waals surface area contributed by atoms with E-state index in [1.165, 1.54) is 11.8 Å². The predicted octanol–water partition coefficient (Wildman–Crippen LogP) is 7.43. The summed E-state index contributed by atoms with van der Waals surface area (Å²) in [6.07, 6.45) is 1.18. The fourth-order valence-corrected chi connectivity index (χ4v) is 5.64. The molecule has 3 aromatic rings. The van der Waals surface area contributed by atoms with E-state index < -0.39 is 6.04 Å². The highest BCUT2D eigenvalue weighted by Crippen LogP contribution is 2.29. The molecule has 0 aliphatic heterocycles. The van der Waals surface area contributed by atoms with Crippen LogP contribution in [0.15, 0.2) is 72.8 Å². The van der Waals surface area contributed by atoms with Crippen molar-refractivity contribution in [3.05, 3.63) is 105 Å². The Bertz CT molecular complexity index is 1170. The lowest BCUT2D eigenvalue weighted by atomic mass is 10.0. The lowest BCUT2D eigenvalue weighted by Crippen LogP contribution is -2.52. The van der Waals surface area contributed by atoms with Gasteiger partial charge in [0, 0.05) is 39.8 Å². The van der Waals surface area contributed by atoms with Gasteiger partial charge in [-0.3, -0.25) is 9.59 Å². The summed E-state index contributed by atoms with van der Waals surface area (Å²) in [6, 6.07) is 21.8. The van der Waals surface area contributed by atoms with E-state index in [0.717, 1.165) is 23.1 Å². The van der Waals surface area contributed by atoms with Crippen molar-refractivity contribution in [2.75, 3.05) is 5.75 Å². The van der Waals surface area contributed by atoms with Crippen LogP contribution in [0, 0.1) is 0 Å². The zero-order valence-electron chi connectivity index (χ0n) is 20.9. The summed E-state index contributed by atoms with van der Waals surface area (Å²) in [7, 11) is 0. The summed E-state index contributed by atoms with van der Waals surface area (Å²) in [5.41, 5.74) is 2.54. The number of thioether (sulfide) groups is 1. The van der Waals surface area contributed by atoms with Gasteiger partial charge < -0.3 is 10.2 Å². The molecular formula is C29H31Cl3N2O2S. The van der Waals surface area contributed by atoms with Crippen LogP contribution in [0.5, 0.6) is 0 Å². The summed E-state index contributed by atoms with van der Waals surface area (Å²) in [6.45, 7) is 4.19. The maximum Gasteiger partial charge on any atom is 0.243 e. The molecule has 3 aromatic carbocycles. The highest BCUT2D eigenvalue weighted by Gasteiger charge is 2.31. The Kier molecular flexibility index (Phi) is 11.7. The van der Waals surface area contributed by atoms with E-state index in [1.54, 1.807) is 29.2 Å². The van der Waals surface area contributed by atoms with Crippen LogP contribution in [0.25, 0.3) is 0 Å². The van der Waals surface area contributed by atoms with Crippen molar-refractivity contribution in [2.45, 2.75) is 51.1 Å². The van der Waals surface area contributed by atoms with Crippen molar-refractivity contribution in [2.24, 2.45) is 0 Å². The second-order valence-corrected chi connectivity index (χ2v) is 11.0. The van der Waals surface area contributed by atoms with Gasteiger partial charge in [-0.15, -0.1) is 11.8 Å². The quantitative estimate of drug-likeness (QED) is 0.243. The molecule has 2 atom stereocenters. The second kappa shape index (κ2) is 14.7. The van der Waals surface area contributed by atoms with Crippen LogP contribution in [0.3, 0.4) is 0 Å². The third-order valence-corrected chi connectivity index (χ3v) is 8.13. The van der Waals surface area contributed by atoms with Crippen molar-refractivity contribution in [1.29, 1.82) is 0 Å². The van der Waals surface area contributed by atoms with Crippen molar-refractivity contribution < 1.29 is 9.59 Å². The first-order valence-corrected chi connectivity index (χ1v) is 14.5. The van der Waals surface area contributed by atoms with E-state index in [1.807, 2.05) is 62.4 Å². The number of carbonyl (C=O) groups is 2. The molecule has 0 saturated heterocycles. The van der Waals surface area contributed by atoms with Gasteiger partial charge in [0.15, 0.2) is 0 Å². The van der Waals surface area contributed by atoms with E-state index >= 15 is 0 Å². The van der Waals surface area contributed by atoms with Gasteiger partial charge in [0.05, 0.1) is 5.75 Å². The molecule has 0 bridgehead atoms. The van der Waals surface area contributed by atoms with Crippen molar-refractivity contribution in [1.82, 2.24) is 10.2 Å². The van der Waals surface area contributed by atoms with Gasteiger partial charge in [0.25, 0.3) is 0 Å². The SMILES string of the molecule is CC[C@@H](C)NC(=O)[C@H](Cc1ccccc1)N(Cc1ccccc1Cl)C(=O)CSCc1c(Cl)cccc1Cl. The largest absolute Gasteiger partial charge is 0.352 e. The molecule has 0 aromatic heterocycles. The van der Waals surface area contributed by atoms with Crippen LogP contribution in [0.4, 0.5) is 0 Å². The topological polar surface area (TPSA) is 49.4 Å². The first kappa shape index (κ1) is 29.4. The van der Waals surface area contributed by atoms with Crippen LogP contribution in [0.2, 0.25) is 15.1 Å². The lowest BCUT2D eigenvalue weighted by molar-refractivity contribution is -0.139. The standard InChI is InChI=1S/C29H31Cl3N2O2S/c1-3-20(2)33-29(36)27(16-21-10-5-4-6-11-21)34(17-22-12-7-8-13-24(22)30)28(35)19-37-18-23-25(31)14-9-15-26(23)32/h4-15,20,27H,3,16-19H2,1-2H3,(H,33,36)/t20-,27+/m1/s1. The van der Waals surface area contributed by atoms with Crippen LogP contribution in [-0.4, -0.2) is 34.6 Å². The lowest BCUT2D eigenvalue weighted by Gasteiger charge is -2.32. The molecule has 4 nitrogen and oxygen atoms in total. The number of carbonyl (C=O) groups excluding carboxylic acids is 2. The van der Waals surface area contributed by atoms with Crippen molar-refractivity contribution >= 4 is 58.4 Å². The third kappa shape index (κ3) is 8.68. The average molecular weight is 578 g/mol. The fourth-order valence-electron chi connectivity index (χ4n) is 3.80. The molecule has 8 heteroatoms. The number of nitrogens with one attached hydrogen (secondary N) is 1. The number of rotatable bonds is 12. The smallest absolute Gasteiger partial charge is 0.243 e. The molecule has 0 heterocycles. The fraction of sp³-hybridized carbons (Fsp3) is 0.310. The monoisotopic (exact) mass is 576 g/mol. The molecule has 0 unspecified atom stereocenters. The minimum absolute atomic E-state index is 0.0141. The predicted molar refractivity (Wildman–Crippen MR) is 156 cm³/mol. The minimum atomic E-state index is -0.704. The van der Waals surface area contributed by atoms with Gasteiger partial charge in [-0.1, -0.05) is 96.3 Å². The van der Waals surface area contributed by atoms with Crippen molar-refractivity contribution in [3.8, 4) is 0 Å². The summed E-state index contributed by atoms with van der Waals surface area (Å²) in [5, 5.41) is 4.76. The molecule has 2 amide bonds. The Morgan fingerprint density at radius 1 is 0.892 bits per heavy atom.